The van der Waals surface area contributed by atoms with Gasteiger partial charge in [0.25, 0.3) is 0 Å². The highest BCUT2D eigenvalue weighted by Gasteiger charge is 2.12. The van der Waals surface area contributed by atoms with Crippen LogP contribution in [0.5, 0.6) is 0 Å². The van der Waals surface area contributed by atoms with Gasteiger partial charge in [0.1, 0.15) is 12.4 Å². The Bertz CT molecular complexity index is 526. The van der Waals surface area contributed by atoms with Gasteiger partial charge in [-0.05, 0) is 11.4 Å². The van der Waals surface area contributed by atoms with Gasteiger partial charge in [0, 0.05) is 4.88 Å². The van der Waals surface area contributed by atoms with Gasteiger partial charge in [-0.2, -0.15) is 5.10 Å². The van der Waals surface area contributed by atoms with Crippen LogP contribution in [0.2, 0.25) is 0 Å². The molecule has 102 valence electrons. The van der Waals surface area contributed by atoms with Crippen molar-refractivity contribution in [1.82, 2.24) is 9.78 Å². The minimum absolute atomic E-state index is 0.0910. The van der Waals surface area contributed by atoms with E-state index in [2.05, 4.69) is 5.10 Å². The molecular formula is C11H13N3O4S. The topological polar surface area (TPSA) is 90.4 Å². The van der Waals surface area contributed by atoms with E-state index in [9.17, 15) is 15.2 Å². The molecule has 2 aromatic heterocycles. The van der Waals surface area contributed by atoms with Crippen molar-refractivity contribution in [2.75, 3.05) is 6.61 Å². The first kappa shape index (κ1) is 13.7. The normalized spacial score (nSPS) is 12.5. The van der Waals surface area contributed by atoms with Crippen molar-refractivity contribution < 1.29 is 14.8 Å². The molecule has 0 aliphatic rings. The number of nitro groups is 1. The number of rotatable bonds is 7. The molecule has 7 nitrogen and oxygen atoms in total. The molecule has 2 rings (SSSR count). The molecular weight excluding hydrogens is 270 g/mol. The molecule has 1 N–H and O–H groups in total. The van der Waals surface area contributed by atoms with Gasteiger partial charge in [-0.15, -0.1) is 11.3 Å². The van der Waals surface area contributed by atoms with E-state index in [-0.39, 0.29) is 18.8 Å². The largest absolute Gasteiger partial charge is 0.389 e. The van der Waals surface area contributed by atoms with Gasteiger partial charge in [-0.3, -0.25) is 14.8 Å². The van der Waals surface area contributed by atoms with E-state index in [1.54, 1.807) is 11.3 Å². The van der Waals surface area contributed by atoms with Crippen LogP contribution in [0.15, 0.2) is 29.9 Å². The van der Waals surface area contributed by atoms with Gasteiger partial charge < -0.3 is 9.84 Å². The SMILES string of the molecule is O=[N+]([O-])c1cnn(C[C@H](O)COCc2cccs2)c1. The fraction of sp³-hybridized carbons (Fsp3) is 0.364. The fourth-order valence-corrected chi connectivity index (χ4v) is 2.15. The fourth-order valence-electron chi connectivity index (χ4n) is 1.51. The van der Waals surface area contributed by atoms with Gasteiger partial charge in [-0.25, -0.2) is 0 Å². The lowest BCUT2D eigenvalue weighted by atomic mass is 10.4. The van der Waals surface area contributed by atoms with Crippen LogP contribution in [0.4, 0.5) is 5.69 Å². The summed E-state index contributed by atoms with van der Waals surface area (Å²) in [6.45, 7) is 0.776. The summed E-state index contributed by atoms with van der Waals surface area (Å²) < 4.78 is 6.68. The highest BCUT2D eigenvalue weighted by molar-refractivity contribution is 7.09. The molecule has 0 aliphatic carbocycles. The first-order chi connectivity index (χ1) is 9.15. The van der Waals surface area contributed by atoms with Crippen molar-refractivity contribution in [2.45, 2.75) is 19.3 Å². The maximum Gasteiger partial charge on any atom is 0.306 e. The Morgan fingerprint density at radius 3 is 3.11 bits per heavy atom. The van der Waals surface area contributed by atoms with E-state index in [1.165, 1.54) is 10.9 Å². The lowest BCUT2D eigenvalue weighted by molar-refractivity contribution is -0.385. The summed E-state index contributed by atoms with van der Waals surface area (Å²) in [6.07, 6.45) is 1.68. The number of aliphatic hydroxyl groups excluding tert-OH is 1. The molecule has 19 heavy (non-hydrogen) atoms. The maximum atomic E-state index is 10.5. The Kier molecular flexibility index (Phi) is 4.61. The van der Waals surface area contributed by atoms with Gasteiger partial charge in [-0.1, -0.05) is 6.07 Å². The number of hydrogen-bond donors (Lipinski definition) is 1. The van der Waals surface area contributed by atoms with Crippen molar-refractivity contribution in [2.24, 2.45) is 0 Å². The third-order valence-corrected chi connectivity index (χ3v) is 3.21. The number of ether oxygens (including phenoxy) is 1. The summed E-state index contributed by atoms with van der Waals surface area (Å²) in [7, 11) is 0. The van der Waals surface area contributed by atoms with Crippen LogP contribution in [0.25, 0.3) is 0 Å². The van der Waals surface area contributed by atoms with Gasteiger partial charge >= 0.3 is 5.69 Å². The summed E-state index contributed by atoms with van der Waals surface area (Å²) in [5, 5.41) is 25.9. The van der Waals surface area contributed by atoms with E-state index < -0.39 is 11.0 Å². The molecule has 0 unspecified atom stereocenters. The Hall–Kier alpha value is -1.77. The molecule has 1 atom stereocenters. The van der Waals surface area contributed by atoms with Crippen LogP contribution in [0, 0.1) is 10.1 Å². The Balaban J connectivity index is 1.74. The highest BCUT2D eigenvalue weighted by atomic mass is 32.1. The van der Waals surface area contributed by atoms with Crippen LogP contribution in [-0.2, 0) is 17.9 Å². The summed E-state index contributed by atoms with van der Waals surface area (Å²) in [4.78, 5) is 11.0. The summed E-state index contributed by atoms with van der Waals surface area (Å²) in [5.41, 5.74) is -0.0910. The van der Waals surface area contributed by atoms with Crippen molar-refractivity contribution >= 4 is 17.0 Å². The van der Waals surface area contributed by atoms with E-state index in [1.807, 2.05) is 17.5 Å². The smallest absolute Gasteiger partial charge is 0.306 e. The molecule has 8 heteroatoms. The number of thiophene rings is 1. The Morgan fingerprint density at radius 1 is 1.63 bits per heavy atom. The Labute approximate surface area is 113 Å². The lowest BCUT2D eigenvalue weighted by Gasteiger charge is -2.10. The molecule has 0 radical (unpaired) electrons. The zero-order valence-corrected chi connectivity index (χ0v) is 10.8. The summed E-state index contributed by atoms with van der Waals surface area (Å²) >= 11 is 1.59. The molecule has 0 spiro atoms. The average molecular weight is 283 g/mol. The third-order valence-electron chi connectivity index (χ3n) is 2.36. The Morgan fingerprint density at radius 2 is 2.47 bits per heavy atom. The second kappa shape index (κ2) is 6.41. The number of aromatic nitrogens is 2. The predicted octanol–water partition coefficient (Wildman–Crippen LogP) is 1.43. The molecule has 0 saturated heterocycles. The minimum Gasteiger partial charge on any atom is -0.389 e. The van der Waals surface area contributed by atoms with E-state index >= 15 is 0 Å². The van der Waals surface area contributed by atoms with Crippen molar-refractivity contribution in [3.8, 4) is 0 Å². The van der Waals surface area contributed by atoms with Crippen LogP contribution >= 0.6 is 11.3 Å². The van der Waals surface area contributed by atoms with Crippen molar-refractivity contribution in [3.63, 3.8) is 0 Å². The second-order valence-electron chi connectivity index (χ2n) is 3.93. The molecule has 0 aliphatic heterocycles. The average Bonchev–Trinajstić information content (AvgIpc) is 3.00. The predicted molar refractivity (Wildman–Crippen MR) is 68.9 cm³/mol. The number of hydrogen-bond acceptors (Lipinski definition) is 6. The van der Waals surface area contributed by atoms with E-state index in [4.69, 9.17) is 4.74 Å². The van der Waals surface area contributed by atoms with Crippen LogP contribution in [0.1, 0.15) is 4.88 Å². The quantitative estimate of drug-likeness (QED) is 0.613. The summed E-state index contributed by atoms with van der Waals surface area (Å²) in [6, 6.07) is 3.89. The summed E-state index contributed by atoms with van der Waals surface area (Å²) in [5.74, 6) is 0. The molecule has 2 aromatic rings. The molecule has 2 heterocycles. The second-order valence-corrected chi connectivity index (χ2v) is 4.96. The minimum atomic E-state index is -0.750. The molecule has 0 aromatic carbocycles. The molecule has 0 bridgehead atoms. The standard InChI is InChI=1S/C11H13N3O4S/c15-10(7-18-8-11-2-1-3-19-11)6-13-5-9(4-12-13)14(16)17/h1-5,10,15H,6-8H2/t10-/m0/s1. The van der Waals surface area contributed by atoms with E-state index in [0.717, 1.165) is 11.1 Å². The van der Waals surface area contributed by atoms with Crippen LogP contribution in [0.3, 0.4) is 0 Å². The van der Waals surface area contributed by atoms with Crippen LogP contribution in [-0.4, -0.2) is 32.5 Å². The van der Waals surface area contributed by atoms with Gasteiger partial charge in [0.05, 0.1) is 30.8 Å². The van der Waals surface area contributed by atoms with Crippen molar-refractivity contribution in [3.05, 3.63) is 44.9 Å². The maximum absolute atomic E-state index is 10.5. The van der Waals surface area contributed by atoms with Gasteiger partial charge in [0.15, 0.2) is 0 Å². The first-order valence-electron chi connectivity index (χ1n) is 5.60. The third kappa shape index (κ3) is 4.12. The first-order valence-corrected chi connectivity index (χ1v) is 6.48. The number of nitrogens with zero attached hydrogens (tertiary/aromatic N) is 3. The molecule has 0 amide bonds. The van der Waals surface area contributed by atoms with E-state index in [0.29, 0.717) is 6.61 Å². The lowest BCUT2D eigenvalue weighted by Crippen LogP contribution is -2.22. The van der Waals surface area contributed by atoms with Gasteiger partial charge in [0.2, 0.25) is 0 Å². The zero-order chi connectivity index (χ0) is 13.7. The monoisotopic (exact) mass is 283 g/mol. The highest BCUT2D eigenvalue weighted by Crippen LogP contribution is 2.10. The molecule has 0 fully saturated rings. The zero-order valence-electron chi connectivity index (χ0n) is 10.0. The number of aliphatic hydroxyl groups is 1. The molecule has 0 saturated carbocycles. The van der Waals surface area contributed by atoms with Crippen LogP contribution < -0.4 is 0 Å². The van der Waals surface area contributed by atoms with Crippen molar-refractivity contribution in [1.29, 1.82) is 0 Å².